The van der Waals surface area contributed by atoms with Gasteiger partial charge in [0.05, 0.1) is 4.47 Å². The molecular formula is C14H16BrN3O3S. The predicted molar refractivity (Wildman–Crippen MR) is 86.4 cm³/mol. The highest BCUT2D eigenvalue weighted by Gasteiger charge is 2.20. The number of nitrogens with two attached hydrogens (primary N) is 1. The number of rotatable bonds is 3. The third-order valence-corrected chi connectivity index (χ3v) is 4.65. The number of pyridine rings is 1. The van der Waals surface area contributed by atoms with Gasteiger partial charge in [0.25, 0.3) is 0 Å². The molecule has 0 aliphatic carbocycles. The molecule has 22 heavy (non-hydrogen) atoms. The molecular weight excluding hydrogens is 370 g/mol. The number of anilines is 2. The summed E-state index contributed by atoms with van der Waals surface area (Å²) in [6.07, 6.45) is 1.63. The second kappa shape index (κ2) is 5.86. The van der Waals surface area contributed by atoms with E-state index in [0.29, 0.717) is 11.4 Å². The zero-order chi connectivity index (χ0) is 16.7. The van der Waals surface area contributed by atoms with E-state index >= 15 is 0 Å². The quantitative estimate of drug-likeness (QED) is 0.478. The van der Waals surface area contributed by atoms with Crippen molar-refractivity contribution in [1.29, 1.82) is 0 Å². The second-order valence-corrected chi connectivity index (χ2v) is 7.37. The molecule has 0 aliphatic rings. The van der Waals surface area contributed by atoms with Crippen LogP contribution in [0, 0.1) is 20.8 Å². The molecule has 0 aliphatic heterocycles. The third-order valence-electron chi connectivity index (χ3n) is 3.17. The number of benzene rings is 1. The highest BCUT2D eigenvalue weighted by Crippen LogP contribution is 2.29. The average Bonchev–Trinajstić information content (AvgIpc) is 2.30. The molecule has 3 N–H and O–H groups in total. The lowest BCUT2D eigenvalue weighted by Gasteiger charge is -2.15. The Kier molecular flexibility index (Phi) is 4.46. The van der Waals surface area contributed by atoms with Crippen molar-refractivity contribution in [2.75, 3.05) is 11.2 Å². The first-order valence-electron chi connectivity index (χ1n) is 6.40. The Hall–Kier alpha value is -1.64. The van der Waals surface area contributed by atoms with Crippen molar-refractivity contribution >= 4 is 37.6 Å². The Morgan fingerprint density at radius 1 is 1.18 bits per heavy atom. The number of aromatic nitrogens is 1. The van der Waals surface area contributed by atoms with E-state index in [0.717, 1.165) is 15.6 Å². The molecule has 1 heterocycles. The summed E-state index contributed by atoms with van der Waals surface area (Å²) in [5, 5.41) is 2.96. The van der Waals surface area contributed by atoms with E-state index < -0.39 is 10.1 Å². The van der Waals surface area contributed by atoms with Crippen molar-refractivity contribution in [3.05, 3.63) is 45.6 Å². The van der Waals surface area contributed by atoms with Crippen LogP contribution in [0.5, 0.6) is 0 Å². The van der Waals surface area contributed by atoms with E-state index in [-0.39, 0.29) is 10.6 Å². The van der Waals surface area contributed by atoms with Gasteiger partial charge in [0.2, 0.25) is 0 Å². The number of hydrogen-bond donors (Lipinski definition) is 2. The van der Waals surface area contributed by atoms with Gasteiger partial charge in [-0.05, 0) is 60.0 Å². The fraction of sp³-hybridized carbons (Fsp3) is 0.214. The average molecular weight is 386 g/mol. The smallest absolute Gasteiger partial charge is 0.305 e. The van der Waals surface area contributed by atoms with E-state index in [1.807, 2.05) is 19.9 Å². The van der Waals surface area contributed by atoms with Crippen molar-refractivity contribution in [3.8, 4) is 0 Å². The first-order valence-corrected chi connectivity index (χ1v) is 8.61. The topological polar surface area (TPSA) is 99.1 Å². The minimum Gasteiger partial charge on any atom is -0.744 e. The summed E-state index contributed by atoms with van der Waals surface area (Å²) < 4.78 is 36.8. The first-order chi connectivity index (χ1) is 10.1. The molecule has 2 rings (SSSR count). The predicted octanol–water partition coefficient (Wildman–Crippen LogP) is 2.02. The Balaban J connectivity index is 2.65. The largest absolute Gasteiger partial charge is 0.744 e. The third kappa shape index (κ3) is 3.40. The number of nitrogen functional groups attached to an aromatic ring is 1. The van der Waals surface area contributed by atoms with E-state index in [1.54, 1.807) is 25.3 Å². The lowest BCUT2D eigenvalue weighted by Crippen LogP contribution is -2.46. The molecule has 6 nitrogen and oxygen atoms in total. The maximum Gasteiger partial charge on any atom is 0.305 e. The Bertz CT molecular complexity index is 828. The van der Waals surface area contributed by atoms with Gasteiger partial charge in [-0.2, -0.15) is 0 Å². The number of halogens is 1. The van der Waals surface area contributed by atoms with Crippen LogP contribution in [0.3, 0.4) is 0 Å². The van der Waals surface area contributed by atoms with Crippen molar-refractivity contribution in [3.63, 3.8) is 0 Å². The number of aryl methyl sites for hydroxylation is 3. The van der Waals surface area contributed by atoms with Gasteiger partial charge in [0, 0.05) is 5.56 Å². The van der Waals surface area contributed by atoms with Gasteiger partial charge in [0.15, 0.2) is 0 Å². The van der Waals surface area contributed by atoms with Gasteiger partial charge in [-0.25, -0.2) is 13.7 Å². The van der Waals surface area contributed by atoms with Crippen LogP contribution in [0.2, 0.25) is 0 Å². The van der Waals surface area contributed by atoms with E-state index in [2.05, 4.69) is 21.2 Å². The summed E-state index contributed by atoms with van der Waals surface area (Å²) in [4.78, 5) is -0.264. The van der Waals surface area contributed by atoms with E-state index in [9.17, 15) is 13.0 Å². The molecule has 0 bridgehead atoms. The Morgan fingerprint density at radius 3 is 2.36 bits per heavy atom. The summed E-state index contributed by atoms with van der Waals surface area (Å²) in [6.45, 7) is 5.24. The molecule has 1 aromatic heterocycles. The van der Waals surface area contributed by atoms with Gasteiger partial charge in [0.1, 0.15) is 26.9 Å². The van der Waals surface area contributed by atoms with Gasteiger partial charge in [-0.1, -0.05) is 6.07 Å². The maximum atomic E-state index is 11.6. The van der Waals surface area contributed by atoms with Crippen LogP contribution in [-0.2, 0) is 10.1 Å². The molecule has 0 spiro atoms. The summed E-state index contributed by atoms with van der Waals surface area (Å²) in [6, 6.07) is 5.10. The zero-order valence-electron chi connectivity index (χ0n) is 12.3. The van der Waals surface area contributed by atoms with Crippen LogP contribution in [0.25, 0.3) is 0 Å². The molecule has 2 aromatic rings. The van der Waals surface area contributed by atoms with Crippen molar-refractivity contribution < 1.29 is 17.6 Å². The Morgan fingerprint density at radius 2 is 1.82 bits per heavy atom. The van der Waals surface area contributed by atoms with Gasteiger partial charge >= 0.3 is 5.82 Å². The molecule has 0 fully saturated rings. The monoisotopic (exact) mass is 385 g/mol. The van der Waals surface area contributed by atoms with E-state index in [1.165, 1.54) is 4.68 Å². The maximum absolute atomic E-state index is 11.6. The molecule has 0 atom stereocenters. The Labute approximate surface area is 137 Å². The minimum absolute atomic E-state index is 0.220. The molecule has 8 heteroatoms. The van der Waals surface area contributed by atoms with Gasteiger partial charge in [-0.15, -0.1) is 4.68 Å². The lowest BCUT2D eigenvalue weighted by molar-refractivity contribution is -0.624. The normalized spacial score (nSPS) is 11.5. The van der Waals surface area contributed by atoms with Gasteiger partial charge < -0.3 is 4.55 Å². The van der Waals surface area contributed by atoms with Crippen LogP contribution in [0.4, 0.5) is 11.5 Å². The van der Waals surface area contributed by atoms with Crippen LogP contribution < -0.4 is 15.8 Å². The lowest BCUT2D eigenvalue weighted by atomic mass is 10.1. The van der Waals surface area contributed by atoms with Crippen LogP contribution in [-0.4, -0.2) is 13.0 Å². The van der Waals surface area contributed by atoms with Crippen LogP contribution in [0.1, 0.15) is 16.7 Å². The summed E-state index contributed by atoms with van der Waals surface area (Å²) >= 11 is 3.33. The highest BCUT2D eigenvalue weighted by molar-refractivity contribution is 9.10. The second-order valence-electron chi connectivity index (χ2n) is 5.13. The first kappa shape index (κ1) is 16.7. The van der Waals surface area contributed by atoms with Crippen molar-refractivity contribution in [2.24, 2.45) is 0 Å². The highest BCUT2D eigenvalue weighted by atomic mass is 79.9. The molecule has 0 saturated carbocycles. The zero-order valence-corrected chi connectivity index (χ0v) is 14.7. The molecule has 1 aromatic carbocycles. The molecule has 118 valence electrons. The molecule has 0 unspecified atom stereocenters. The van der Waals surface area contributed by atoms with Gasteiger partial charge in [-0.3, -0.25) is 5.84 Å². The van der Waals surface area contributed by atoms with Crippen LogP contribution in [0.15, 0.2) is 33.8 Å². The number of hydrogen-bond acceptors (Lipinski definition) is 5. The van der Waals surface area contributed by atoms with Crippen molar-refractivity contribution in [1.82, 2.24) is 0 Å². The standard InChI is InChI=1S/C14H16BrN3O3S/c1-8-4-9(2)13(22(19,20)21)12(5-8)17-14-10(3)6-11(15)7-18(14)16/h4-7H,16H2,1-3H3,(H,19,20,21). The van der Waals surface area contributed by atoms with Crippen LogP contribution >= 0.6 is 15.9 Å². The SMILES string of the molecule is Cc1cc(C)c(S(=O)(=O)[O-])c(Nc2c(C)cc(Br)c[n+]2N)c1. The summed E-state index contributed by atoms with van der Waals surface area (Å²) in [7, 11) is -4.61. The molecule has 0 amide bonds. The fourth-order valence-electron chi connectivity index (χ4n) is 2.38. The number of nitrogens with one attached hydrogen (secondary N) is 1. The van der Waals surface area contributed by atoms with Crippen molar-refractivity contribution in [2.45, 2.75) is 25.7 Å². The molecule has 0 saturated heterocycles. The minimum atomic E-state index is -4.61. The number of nitrogens with zero attached hydrogens (tertiary/aromatic N) is 1. The summed E-state index contributed by atoms with van der Waals surface area (Å²) in [5.74, 6) is 6.40. The van der Waals surface area contributed by atoms with E-state index in [4.69, 9.17) is 5.84 Å². The fourth-order valence-corrected chi connectivity index (χ4v) is 3.78. The summed E-state index contributed by atoms with van der Waals surface area (Å²) in [5.41, 5.74) is 2.25. The molecule has 0 radical (unpaired) electrons.